The second-order valence-corrected chi connectivity index (χ2v) is 7.88. The predicted octanol–water partition coefficient (Wildman–Crippen LogP) is 3.98. The van der Waals surface area contributed by atoms with Gasteiger partial charge in [0.05, 0.1) is 18.4 Å². The Bertz CT molecular complexity index is 706. The molecule has 1 aromatic carbocycles. The van der Waals surface area contributed by atoms with Crippen molar-refractivity contribution in [1.29, 1.82) is 0 Å². The number of nitrogens with zero attached hydrogens (tertiary/aromatic N) is 3. The molecule has 0 saturated carbocycles. The first-order valence-electron chi connectivity index (χ1n) is 8.78. The van der Waals surface area contributed by atoms with Crippen LogP contribution in [-0.2, 0) is 4.79 Å². The van der Waals surface area contributed by atoms with Crippen LogP contribution in [0.1, 0.15) is 27.7 Å². The number of hydrogen-bond donors (Lipinski definition) is 0. The average Bonchev–Trinajstić information content (AvgIpc) is 3.07. The largest absolute Gasteiger partial charge is 0.496 e. The molecule has 6 nitrogen and oxygen atoms in total. The van der Waals surface area contributed by atoms with E-state index >= 15 is 0 Å². The molecule has 0 aliphatic heterocycles. The van der Waals surface area contributed by atoms with Gasteiger partial charge in [0.1, 0.15) is 5.75 Å². The molecule has 1 aromatic heterocycles. The van der Waals surface area contributed by atoms with E-state index in [1.807, 2.05) is 29.2 Å². The van der Waals surface area contributed by atoms with Gasteiger partial charge < -0.3 is 14.1 Å². The van der Waals surface area contributed by atoms with Crippen molar-refractivity contribution in [3.05, 3.63) is 24.3 Å². The molecule has 0 N–H and O–H groups in total. The highest BCUT2D eigenvalue weighted by molar-refractivity contribution is 7.99. The lowest BCUT2D eigenvalue weighted by Gasteiger charge is -2.26. The van der Waals surface area contributed by atoms with E-state index in [2.05, 4.69) is 37.9 Å². The highest BCUT2D eigenvalue weighted by atomic mass is 32.2. The molecule has 0 aliphatic rings. The fourth-order valence-corrected chi connectivity index (χ4v) is 3.24. The Balaban J connectivity index is 2.01. The van der Waals surface area contributed by atoms with Gasteiger partial charge in [-0.3, -0.25) is 4.79 Å². The Morgan fingerprint density at radius 2 is 1.81 bits per heavy atom. The molecule has 0 radical (unpaired) electrons. The summed E-state index contributed by atoms with van der Waals surface area (Å²) in [7, 11) is 1.60. The van der Waals surface area contributed by atoms with Crippen LogP contribution in [0.4, 0.5) is 0 Å². The first-order chi connectivity index (χ1) is 12.4. The second-order valence-electron chi connectivity index (χ2n) is 6.95. The summed E-state index contributed by atoms with van der Waals surface area (Å²) >= 11 is 1.27. The molecule has 26 heavy (non-hydrogen) atoms. The fourth-order valence-electron chi connectivity index (χ4n) is 2.57. The zero-order chi connectivity index (χ0) is 19.1. The lowest BCUT2D eigenvalue weighted by Crippen LogP contribution is -2.38. The van der Waals surface area contributed by atoms with E-state index < -0.39 is 0 Å². The van der Waals surface area contributed by atoms with E-state index in [0.717, 1.165) is 18.7 Å². The number of thioether (sulfide) groups is 1. The number of rotatable bonds is 9. The quantitative estimate of drug-likeness (QED) is 0.616. The minimum Gasteiger partial charge on any atom is -0.496 e. The van der Waals surface area contributed by atoms with Crippen LogP contribution in [0.15, 0.2) is 33.9 Å². The Labute approximate surface area is 159 Å². The van der Waals surface area contributed by atoms with Crippen molar-refractivity contribution in [3.63, 3.8) is 0 Å². The first kappa shape index (κ1) is 20.3. The number of amides is 1. The van der Waals surface area contributed by atoms with Gasteiger partial charge in [-0.15, -0.1) is 10.2 Å². The number of carbonyl (C=O) groups excluding carboxylic acids is 1. The number of para-hydroxylation sites is 1. The zero-order valence-corrected chi connectivity index (χ0v) is 16.9. The molecule has 2 aromatic rings. The van der Waals surface area contributed by atoms with Crippen LogP contribution in [0.2, 0.25) is 0 Å². The molecule has 0 fully saturated rings. The van der Waals surface area contributed by atoms with Crippen molar-refractivity contribution in [1.82, 2.24) is 15.1 Å². The van der Waals surface area contributed by atoms with Gasteiger partial charge in [-0.1, -0.05) is 51.6 Å². The number of carbonyl (C=O) groups is 1. The van der Waals surface area contributed by atoms with E-state index in [1.54, 1.807) is 7.11 Å². The molecular formula is C19H27N3O3S. The van der Waals surface area contributed by atoms with Crippen LogP contribution < -0.4 is 4.74 Å². The van der Waals surface area contributed by atoms with Crippen LogP contribution in [0, 0.1) is 11.8 Å². The van der Waals surface area contributed by atoms with Crippen LogP contribution in [0.25, 0.3) is 11.5 Å². The maximum atomic E-state index is 12.6. The molecule has 0 saturated heterocycles. The van der Waals surface area contributed by atoms with Gasteiger partial charge in [-0.2, -0.15) is 0 Å². The van der Waals surface area contributed by atoms with Crippen LogP contribution in [-0.4, -0.2) is 47.0 Å². The molecule has 1 amide bonds. The summed E-state index contributed by atoms with van der Waals surface area (Å²) < 4.78 is 11.0. The third kappa shape index (κ3) is 5.76. The van der Waals surface area contributed by atoms with Crippen LogP contribution in [0.3, 0.4) is 0 Å². The van der Waals surface area contributed by atoms with Crippen LogP contribution in [0.5, 0.6) is 5.75 Å². The van der Waals surface area contributed by atoms with E-state index in [9.17, 15) is 4.79 Å². The van der Waals surface area contributed by atoms with Gasteiger partial charge in [0, 0.05) is 13.1 Å². The second kappa shape index (κ2) is 9.62. The molecule has 142 valence electrons. The molecule has 0 aliphatic carbocycles. The van der Waals surface area contributed by atoms with E-state index in [0.29, 0.717) is 28.7 Å². The smallest absolute Gasteiger partial charge is 0.277 e. The van der Waals surface area contributed by atoms with Crippen molar-refractivity contribution >= 4 is 17.7 Å². The summed E-state index contributed by atoms with van der Waals surface area (Å²) in [5, 5.41) is 8.50. The minimum absolute atomic E-state index is 0.0921. The summed E-state index contributed by atoms with van der Waals surface area (Å²) in [6.07, 6.45) is 0. The first-order valence-corrected chi connectivity index (χ1v) is 9.76. The molecule has 0 unspecified atom stereocenters. The maximum absolute atomic E-state index is 12.6. The summed E-state index contributed by atoms with van der Waals surface area (Å²) in [6.45, 7) is 9.98. The number of hydrogen-bond acceptors (Lipinski definition) is 6. The highest BCUT2D eigenvalue weighted by Gasteiger charge is 2.19. The normalized spacial score (nSPS) is 11.2. The monoisotopic (exact) mass is 377 g/mol. The summed E-state index contributed by atoms with van der Waals surface area (Å²) in [5.41, 5.74) is 0.738. The van der Waals surface area contributed by atoms with Gasteiger partial charge >= 0.3 is 0 Å². The van der Waals surface area contributed by atoms with E-state index in [1.165, 1.54) is 11.8 Å². The van der Waals surface area contributed by atoms with Crippen molar-refractivity contribution in [2.75, 3.05) is 26.0 Å². The Kier molecular flexibility index (Phi) is 7.50. The maximum Gasteiger partial charge on any atom is 0.277 e. The molecule has 1 heterocycles. The molecule has 0 bridgehead atoms. The highest BCUT2D eigenvalue weighted by Crippen LogP contribution is 2.30. The number of benzene rings is 1. The molecule has 0 atom stereocenters. The third-order valence-corrected chi connectivity index (χ3v) is 4.39. The van der Waals surface area contributed by atoms with Crippen molar-refractivity contribution in [3.8, 4) is 17.2 Å². The Hall–Kier alpha value is -2.02. The fraction of sp³-hybridized carbons (Fsp3) is 0.526. The predicted molar refractivity (Wildman–Crippen MR) is 103 cm³/mol. The third-order valence-electron chi connectivity index (χ3n) is 3.59. The lowest BCUT2D eigenvalue weighted by atomic mass is 10.1. The summed E-state index contributed by atoms with van der Waals surface area (Å²) in [6, 6.07) is 7.46. The van der Waals surface area contributed by atoms with Crippen molar-refractivity contribution in [2.24, 2.45) is 11.8 Å². The van der Waals surface area contributed by atoms with Gasteiger partial charge in [-0.25, -0.2) is 0 Å². The molecule has 0 spiro atoms. The lowest BCUT2D eigenvalue weighted by molar-refractivity contribution is -0.129. The topological polar surface area (TPSA) is 68.5 Å². The molecule has 7 heteroatoms. The van der Waals surface area contributed by atoms with Crippen molar-refractivity contribution in [2.45, 2.75) is 32.9 Å². The van der Waals surface area contributed by atoms with Gasteiger partial charge in [-0.05, 0) is 24.0 Å². The van der Waals surface area contributed by atoms with Crippen LogP contribution >= 0.6 is 11.8 Å². The summed E-state index contributed by atoms with van der Waals surface area (Å²) in [5.74, 6) is 2.30. The standard InChI is InChI=1S/C19H27N3O3S/c1-13(2)10-22(11-14(3)4)17(23)12-26-19-21-20-18(25-19)15-8-6-7-9-16(15)24-5/h6-9,13-14H,10-12H2,1-5H3. The number of methoxy groups -OCH3 is 1. The van der Waals surface area contributed by atoms with Crippen molar-refractivity contribution < 1.29 is 13.9 Å². The average molecular weight is 378 g/mol. The molecular weight excluding hydrogens is 350 g/mol. The van der Waals surface area contributed by atoms with E-state index in [-0.39, 0.29) is 11.7 Å². The number of aromatic nitrogens is 2. The zero-order valence-electron chi connectivity index (χ0n) is 16.1. The Morgan fingerprint density at radius 3 is 2.42 bits per heavy atom. The van der Waals surface area contributed by atoms with E-state index in [4.69, 9.17) is 9.15 Å². The van der Waals surface area contributed by atoms with Gasteiger partial charge in [0.25, 0.3) is 11.1 Å². The Morgan fingerprint density at radius 1 is 1.15 bits per heavy atom. The molecule has 2 rings (SSSR count). The number of ether oxygens (including phenoxy) is 1. The SMILES string of the molecule is COc1ccccc1-c1nnc(SCC(=O)N(CC(C)C)CC(C)C)o1. The van der Waals surface area contributed by atoms with Gasteiger partial charge in [0.2, 0.25) is 5.91 Å². The van der Waals surface area contributed by atoms with Gasteiger partial charge in [0.15, 0.2) is 0 Å². The summed E-state index contributed by atoms with van der Waals surface area (Å²) in [4.78, 5) is 14.5. The minimum atomic E-state index is 0.0921.